The Labute approximate surface area is 161 Å². The summed E-state index contributed by atoms with van der Waals surface area (Å²) in [5.41, 5.74) is 2.42. The Balaban J connectivity index is 1.88. The van der Waals surface area contributed by atoms with Crippen molar-refractivity contribution in [3.8, 4) is 11.3 Å². The zero-order chi connectivity index (χ0) is 19.7. The Bertz CT molecular complexity index is 900. The summed E-state index contributed by atoms with van der Waals surface area (Å²) in [5, 5.41) is 0. The minimum absolute atomic E-state index is 0.295. The molecule has 0 radical (unpaired) electrons. The first-order chi connectivity index (χ1) is 12.7. The quantitative estimate of drug-likeness (QED) is 0.741. The van der Waals surface area contributed by atoms with Crippen LogP contribution in [0.15, 0.2) is 43.1 Å². The van der Waals surface area contributed by atoms with Gasteiger partial charge in [-0.15, -0.1) is 6.58 Å². The van der Waals surface area contributed by atoms with E-state index < -0.39 is 15.7 Å². The van der Waals surface area contributed by atoms with E-state index >= 15 is 0 Å². The average molecular weight is 389 g/mol. The van der Waals surface area contributed by atoms with Crippen LogP contribution in [0.2, 0.25) is 0 Å². The zero-order valence-electron chi connectivity index (χ0n) is 16.2. The molecule has 0 aliphatic carbocycles. The molecular formula is C20H28N4O2S. The lowest BCUT2D eigenvalue weighted by atomic mass is 10.0. The number of rotatable bonds is 6. The summed E-state index contributed by atoms with van der Waals surface area (Å²) in [6, 6.07) is 7.88. The maximum atomic E-state index is 13.0. The number of piperidine rings is 1. The highest BCUT2D eigenvalue weighted by Gasteiger charge is 2.37. The van der Waals surface area contributed by atoms with Crippen LogP contribution >= 0.6 is 0 Å². The van der Waals surface area contributed by atoms with Crippen LogP contribution in [0.1, 0.15) is 50.5 Å². The molecule has 27 heavy (non-hydrogen) atoms. The molecule has 1 aromatic carbocycles. The number of imidazole rings is 1. The maximum absolute atomic E-state index is 13.0. The molecule has 2 heterocycles. The first-order valence-corrected chi connectivity index (χ1v) is 10.7. The molecule has 2 aromatic rings. The van der Waals surface area contributed by atoms with Gasteiger partial charge in [-0.05, 0) is 39.2 Å². The van der Waals surface area contributed by atoms with E-state index in [1.807, 2.05) is 19.1 Å². The van der Waals surface area contributed by atoms with Gasteiger partial charge < -0.3 is 4.98 Å². The lowest BCUT2D eigenvalue weighted by Gasteiger charge is -2.35. The van der Waals surface area contributed by atoms with Gasteiger partial charge in [0.25, 0.3) is 10.2 Å². The van der Waals surface area contributed by atoms with Gasteiger partial charge in [0.15, 0.2) is 0 Å². The fraction of sp³-hybridized carbons (Fsp3) is 0.450. The third kappa shape index (κ3) is 4.48. The zero-order valence-corrected chi connectivity index (χ0v) is 17.0. The lowest BCUT2D eigenvalue weighted by Crippen LogP contribution is -2.51. The molecule has 1 aliphatic heterocycles. The number of aryl methyl sites for hydroxylation is 1. The Hall–Kier alpha value is -1.96. The topological polar surface area (TPSA) is 78.1 Å². The van der Waals surface area contributed by atoms with Crippen LogP contribution in [-0.4, -0.2) is 34.8 Å². The molecule has 1 saturated heterocycles. The fourth-order valence-electron chi connectivity index (χ4n) is 3.28. The third-order valence-electron chi connectivity index (χ3n) is 4.94. The second-order valence-corrected chi connectivity index (χ2v) is 9.33. The highest BCUT2D eigenvalue weighted by Crippen LogP contribution is 2.32. The van der Waals surface area contributed by atoms with Crippen molar-refractivity contribution in [1.29, 1.82) is 0 Å². The molecule has 1 unspecified atom stereocenters. The molecular weight excluding hydrogens is 360 g/mol. The van der Waals surface area contributed by atoms with Crippen LogP contribution < -0.4 is 4.72 Å². The van der Waals surface area contributed by atoms with Crippen LogP contribution in [0.3, 0.4) is 0 Å². The highest BCUT2D eigenvalue weighted by molar-refractivity contribution is 7.87. The minimum Gasteiger partial charge on any atom is -0.341 e. The Morgan fingerprint density at radius 1 is 1.30 bits per heavy atom. The molecule has 1 atom stereocenters. The highest BCUT2D eigenvalue weighted by atomic mass is 32.2. The lowest BCUT2D eigenvalue weighted by molar-refractivity contribution is 0.242. The van der Waals surface area contributed by atoms with E-state index in [2.05, 4.69) is 33.4 Å². The predicted molar refractivity (Wildman–Crippen MR) is 108 cm³/mol. The normalized spacial score (nSPS) is 19.1. The van der Waals surface area contributed by atoms with Gasteiger partial charge in [-0.25, -0.2) is 4.98 Å². The Morgan fingerprint density at radius 2 is 2.00 bits per heavy atom. The van der Waals surface area contributed by atoms with Crippen LogP contribution in [0.5, 0.6) is 0 Å². The van der Waals surface area contributed by atoms with Crippen molar-refractivity contribution in [2.45, 2.75) is 51.6 Å². The van der Waals surface area contributed by atoms with Gasteiger partial charge in [0.2, 0.25) is 0 Å². The number of hydrogen-bond acceptors (Lipinski definition) is 3. The van der Waals surface area contributed by atoms with Gasteiger partial charge in [-0.2, -0.15) is 17.4 Å². The number of nitrogens with one attached hydrogen (secondary N) is 2. The van der Waals surface area contributed by atoms with Gasteiger partial charge in [0.1, 0.15) is 5.82 Å². The predicted octanol–water partition coefficient (Wildman–Crippen LogP) is 3.71. The van der Waals surface area contributed by atoms with Crippen LogP contribution in [0, 0.1) is 6.92 Å². The van der Waals surface area contributed by atoms with E-state index in [1.54, 1.807) is 26.1 Å². The minimum atomic E-state index is -3.66. The molecule has 0 spiro atoms. The summed E-state index contributed by atoms with van der Waals surface area (Å²) in [7, 11) is -3.66. The third-order valence-corrected chi connectivity index (χ3v) is 6.78. The number of benzene rings is 1. The van der Waals surface area contributed by atoms with Gasteiger partial charge in [-0.3, -0.25) is 0 Å². The van der Waals surface area contributed by atoms with Crippen LogP contribution in [-0.2, 0) is 10.2 Å². The monoisotopic (exact) mass is 388 g/mol. The van der Waals surface area contributed by atoms with E-state index in [4.69, 9.17) is 0 Å². The summed E-state index contributed by atoms with van der Waals surface area (Å²) in [4.78, 5) is 7.84. The summed E-state index contributed by atoms with van der Waals surface area (Å²) < 4.78 is 30.2. The molecule has 0 saturated carbocycles. The van der Waals surface area contributed by atoms with Gasteiger partial charge in [0, 0.05) is 12.1 Å². The average Bonchev–Trinajstić information content (AvgIpc) is 3.11. The smallest absolute Gasteiger partial charge is 0.280 e. The largest absolute Gasteiger partial charge is 0.341 e. The van der Waals surface area contributed by atoms with Crippen molar-refractivity contribution in [2.24, 2.45) is 0 Å². The number of aromatic amines is 1. The first kappa shape index (κ1) is 19.8. The Kier molecular flexibility index (Phi) is 5.55. The second kappa shape index (κ2) is 7.58. The molecule has 7 heteroatoms. The number of nitrogens with zero attached hydrogens (tertiary/aromatic N) is 2. The molecule has 2 N–H and O–H groups in total. The molecule has 6 nitrogen and oxygen atoms in total. The van der Waals surface area contributed by atoms with Gasteiger partial charge in [-0.1, -0.05) is 42.3 Å². The van der Waals surface area contributed by atoms with E-state index in [-0.39, 0.29) is 6.04 Å². The molecule has 3 rings (SSSR count). The Morgan fingerprint density at radius 3 is 2.67 bits per heavy atom. The van der Waals surface area contributed by atoms with Crippen molar-refractivity contribution < 1.29 is 8.42 Å². The van der Waals surface area contributed by atoms with E-state index in [0.717, 1.165) is 30.5 Å². The maximum Gasteiger partial charge on any atom is 0.280 e. The van der Waals surface area contributed by atoms with E-state index in [1.165, 1.54) is 9.87 Å². The first-order valence-electron chi connectivity index (χ1n) is 9.28. The fourth-order valence-corrected chi connectivity index (χ4v) is 5.06. The number of hydrogen-bond donors (Lipinski definition) is 2. The van der Waals surface area contributed by atoms with Crippen LogP contribution in [0.4, 0.5) is 0 Å². The molecule has 146 valence electrons. The molecule has 0 bridgehead atoms. The van der Waals surface area contributed by atoms with Crippen molar-refractivity contribution in [3.63, 3.8) is 0 Å². The van der Waals surface area contributed by atoms with Crippen molar-refractivity contribution in [1.82, 2.24) is 19.0 Å². The van der Waals surface area contributed by atoms with Gasteiger partial charge in [0.05, 0.1) is 17.9 Å². The molecule has 1 aromatic heterocycles. The SMILES string of the molecule is C=CC(C)(C)NS(=O)(=O)N1CCCCC1c1ncc(-c2ccc(C)cc2)[nH]1. The van der Waals surface area contributed by atoms with Crippen molar-refractivity contribution in [3.05, 3.63) is 54.5 Å². The van der Waals surface area contributed by atoms with Crippen LogP contribution in [0.25, 0.3) is 11.3 Å². The second-order valence-electron chi connectivity index (χ2n) is 7.70. The molecule has 1 aliphatic rings. The number of H-pyrrole nitrogens is 1. The number of aromatic nitrogens is 2. The van der Waals surface area contributed by atoms with Crippen molar-refractivity contribution in [2.75, 3.05) is 6.54 Å². The molecule has 1 fully saturated rings. The standard InChI is InChI=1S/C20H28N4O2S/c1-5-20(3,4)23-27(25,26)24-13-7-6-8-18(24)19-21-14-17(22-19)16-11-9-15(2)10-12-16/h5,9-12,14,18,23H,1,6-8,13H2,2-4H3,(H,21,22). The molecule has 0 amide bonds. The summed E-state index contributed by atoms with van der Waals surface area (Å²) in [5.74, 6) is 0.687. The summed E-state index contributed by atoms with van der Waals surface area (Å²) in [6.45, 7) is 9.83. The van der Waals surface area contributed by atoms with E-state index in [0.29, 0.717) is 12.4 Å². The van der Waals surface area contributed by atoms with Gasteiger partial charge >= 0.3 is 0 Å². The summed E-state index contributed by atoms with van der Waals surface area (Å²) in [6.07, 6.45) is 5.95. The summed E-state index contributed by atoms with van der Waals surface area (Å²) >= 11 is 0. The van der Waals surface area contributed by atoms with Crippen molar-refractivity contribution >= 4 is 10.2 Å². The van der Waals surface area contributed by atoms with E-state index in [9.17, 15) is 8.42 Å².